The third-order valence-electron chi connectivity index (χ3n) is 4.65. The molecule has 0 radical (unpaired) electrons. The van der Waals surface area contributed by atoms with Crippen LogP contribution in [0.15, 0.2) is 41.6 Å². The summed E-state index contributed by atoms with van der Waals surface area (Å²) >= 11 is 0. The Balaban J connectivity index is 2.10. The van der Waals surface area contributed by atoms with Crippen molar-refractivity contribution in [2.75, 3.05) is 27.4 Å². The molecule has 1 amide bonds. The maximum Gasteiger partial charge on any atom is 0.415 e. The van der Waals surface area contributed by atoms with Crippen molar-refractivity contribution in [2.45, 2.75) is 32.4 Å². The zero-order valence-corrected chi connectivity index (χ0v) is 16.1. The molecule has 5 nitrogen and oxygen atoms in total. The van der Waals surface area contributed by atoms with Crippen molar-refractivity contribution in [3.8, 4) is 0 Å². The second kappa shape index (κ2) is 7.25. The van der Waals surface area contributed by atoms with Gasteiger partial charge in [0.2, 0.25) is 0 Å². The average molecular weight is 357 g/mol. The van der Waals surface area contributed by atoms with Crippen LogP contribution in [0.5, 0.6) is 0 Å². The topological polar surface area (TPSA) is 48.0 Å². The van der Waals surface area contributed by atoms with Gasteiger partial charge >= 0.3 is 6.09 Å². The third kappa shape index (κ3) is 3.41. The number of benzene rings is 1. The first-order chi connectivity index (χ1) is 12.4. The lowest BCUT2D eigenvalue weighted by molar-refractivity contribution is 0.0216. The molecule has 140 valence electrons. The van der Waals surface area contributed by atoms with Crippen molar-refractivity contribution >= 4 is 12.2 Å². The van der Waals surface area contributed by atoms with E-state index in [4.69, 9.17) is 14.2 Å². The molecule has 0 fully saturated rings. The number of carbonyl (C=O) groups excluding carboxylic acids is 1. The van der Waals surface area contributed by atoms with Crippen LogP contribution in [-0.2, 0) is 14.2 Å². The fourth-order valence-corrected chi connectivity index (χ4v) is 3.73. The molecule has 1 aromatic carbocycles. The van der Waals surface area contributed by atoms with E-state index in [0.717, 1.165) is 22.4 Å². The van der Waals surface area contributed by atoms with Crippen LogP contribution in [0.4, 0.5) is 4.79 Å². The van der Waals surface area contributed by atoms with Crippen molar-refractivity contribution in [3.05, 3.63) is 52.7 Å². The van der Waals surface area contributed by atoms with Gasteiger partial charge in [0, 0.05) is 20.1 Å². The maximum atomic E-state index is 13.1. The molecule has 0 aromatic heterocycles. The van der Waals surface area contributed by atoms with Crippen molar-refractivity contribution in [2.24, 2.45) is 5.92 Å². The van der Waals surface area contributed by atoms with E-state index in [2.05, 4.69) is 24.3 Å². The summed E-state index contributed by atoms with van der Waals surface area (Å²) in [7, 11) is 3.31. The van der Waals surface area contributed by atoms with E-state index in [0.29, 0.717) is 13.2 Å². The van der Waals surface area contributed by atoms with E-state index in [1.165, 1.54) is 0 Å². The van der Waals surface area contributed by atoms with E-state index in [9.17, 15) is 4.79 Å². The predicted molar refractivity (Wildman–Crippen MR) is 101 cm³/mol. The number of hydrogen-bond donors (Lipinski definition) is 0. The second-order valence-electron chi connectivity index (χ2n) is 7.65. The molecule has 1 aliphatic carbocycles. The summed E-state index contributed by atoms with van der Waals surface area (Å²) in [4.78, 5) is 14.9. The molecule has 0 saturated heterocycles. The van der Waals surface area contributed by atoms with Gasteiger partial charge in [0.25, 0.3) is 0 Å². The van der Waals surface area contributed by atoms with Gasteiger partial charge in [0.15, 0.2) is 0 Å². The summed E-state index contributed by atoms with van der Waals surface area (Å²) < 4.78 is 16.6. The van der Waals surface area contributed by atoms with Gasteiger partial charge in [-0.1, -0.05) is 36.4 Å². The lowest BCUT2D eigenvalue weighted by Crippen LogP contribution is -2.39. The highest BCUT2D eigenvalue weighted by atomic mass is 16.6. The number of fused-ring (bicyclic) bond motifs is 3. The van der Waals surface area contributed by atoms with Gasteiger partial charge in [-0.2, -0.15) is 0 Å². The Kier molecular flexibility index (Phi) is 5.21. The molecule has 3 rings (SSSR count). The van der Waals surface area contributed by atoms with E-state index >= 15 is 0 Å². The Hall–Kier alpha value is -2.11. The minimum Gasteiger partial charge on any atom is -0.443 e. The SMILES string of the molecule is COCC1=C(COC)N(C(=O)OC(C)(C)C)[C@@H]2c3ccccc3C=C[C@H]12. The second-order valence-corrected chi connectivity index (χ2v) is 7.65. The summed E-state index contributed by atoms with van der Waals surface area (Å²) in [6.45, 7) is 6.42. The van der Waals surface area contributed by atoms with Gasteiger partial charge in [-0.05, 0) is 37.5 Å². The highest BCUT2D eigenvalue weighted by molar-refractivity contribution is 5.75. The molecular formula is C21H27NO4. The quantitative estimate of drug-likeness (QED) is 0.811. The molecule has 5 heteroatoms. The smallest absolute Gasteiger partial charge is 0.415 e. The van der Waals surface area contributed by atoms with E-state index in [-0.39, 0.29) is 18.1 Å². The molecule has 0 spiro atoms. The first-order valence-corrected chi connectivity index (χ1v) is 8.86. The summed E-state index contributed by atoms with van der Waals surface area (Å²) in [6.07, 6.45) is 3.92. The Morgan fingerprint density at radius 3 is 2.46 bits per heavy atom. The lowest BCUT2D eigenvalue weighted by Gasteiger charge is -2.34. The van der Waals surface area contributed by atoms with Crippen molar-refractivity contribution < 1.29 is 19.0 Å². The summed E-state index contributed by atoms with van der Waals surface area (Å²) in [6, 6.07) is 8.03. The van der Waals surface area contributed by atoms with Gasteiger partial charge in [-0.3, -0.25) is 4.90 Å². The summed E-state index contributed by atoms with van der Waals surface area (Å²) in [5, 5.41) is 0. The zero-order chi connectivity index (χ0) is 18.9. The highest BCUT2D eigenvalue weighted by Crippen LogP contribution is 2.48. The summed E-state index contributed by atoms with van der Waals surface area (Å²) in [5.41, 5.74) is 3.57. The average Bonchev–Trinajstić information content (AvgIpc) is 2.88. The Bertz CT molecular complexity index is 745. The monoisotopic (exact) mass is 357 g/mol. The van der Waals surface area contributed by atoms with Crippen LogP contribution in [0.25, 0.3) is 6.08 Å². The summed E-state index contributed by atoms with van der Waals surface area (Å²) in [5.74, 6) is 0.0579. The molecule has 0 bridgehead atoms. The zero-order valence-electron chi connectivity index (χ0n) is 16.1. The molecule has 1 aromatic rings. The van der Waals surface area contributed by atoms with Gasteiger partial charge < -0.3 is 14.2 Å². The van der Waals surface area contributed by atoms with Crippen LogP contribution in [0, 0.1) is 5.92 Å². The number of ether oxygens (including phenoxy) is 3. The molecule has 1 heterocycles. The molecule has 0 unspecified atom stereocenters. The Morgan fingerprint density at radius 2 is 1.81 bits per heavy atom. The Morgan fingerprint density at radius 1 is 1.12 bits per heavy atom. The number of rotatable bonds is 4. The highest BCUT2D eigenvalue weighted by Gasteiger charge is 2.46. The van der Waals surface area contributed by atoms with E-state index in [1.54, 1.807) is 19.1 Å². The van der Waals surface area contributed by atoms with Gasteiger partial charge in [0.1, 0.15) is 5.60 Å². The van der Waals surface area contributed by atoms with Crippen LogP contribution in [0.2, 0.25) is 0 Å². The molecule has 26 heavy (non-hydrogen) atoms. The molecule has 1 aliphatic heterocycles. The number of hydrogen-bond acceptors (Lipinski definition) is 4. The predicted octanol–water partition coefficient (Wildman–Crippen LogP) is 4.17. The van der Waals surface area contributed by atoms with Crippen LogP contribution in [0.1, 0.15) is 37.9 Å². The van der Waals surface area contributed by atoms with Crippen LogP contribution in [-0.4, -0.2) is 44.0 Å². The fourth-order valence-electron chi connectivity index (χ4n) is 3.73. The molecule has 0 saturated carbocycles. The lowest BCUT2D eigenvalue weighted by atomic mass is 9.82. The van der Waals surface area contributed by atoms with Gasteiger partial charge in [-0.15, -0.1) is 0 Å². The largest absolute Gasteiger partial charge is 0.443 e. The van der Waals surface area contributed by atoms with Crippen molar-refractivity contribution in [1.29, 1.82) is 0 Å². The van der Waals surface area contributed by atoms with Crippen LogP contribution in [0.3, 0.4) is 0 Å². The number of methoxy groups -OCH3 is 2. The van der Waals surface area contributed by atoms with Crippen LogP contribution >= 0.6 is 0 Å². The normalized spacial score (nSPS) is 21.7. The molecular weight excluding hydrogens is 330 g/mol. The third-order valence-corrected chi connectivity index (χ3v) is 4.65. The molecule has 0 N–H and O–H groups in total. The Labute approximate surface area is 155 Å². The minimum atomic E-state index is -0.571. The van der Waals surface area contributed by atoms with Crippen LogP contribution < -0.4 is 0 Å². The number of amides is 1. The number of nitrogens with zero attached hydrogens (tertiary/aromatic N) is 1. The first kappa shape index (κ1) is 18.7. The standard InChI is InChI=1S/C21H27NO4/c1-21(2,3)26-20(23)22-18(13-25-5)17(12-24-4)16-11-10-14-8-6-7-9-15(14)19(16)22/h6-11,16,19H,12-13H2,1-5H3/t16-,19-/m1/s1. The van der Waals surface area contributed by atoms with Gasteiger partial charge in [0.05, 0.1) is 25.0 Å². The molecule has 2 aliphatic rings. The van der Waals surface area contributed by atoms with Gasteiger partial charge in [-0.25, -0.2) is 4.79 Å². The number of carbonyl (C=O) groups is 1. The first-order valence-electron chi connectivity index (χ1n) is 8.86. The fraction of sp³-hybridized carbons (Fsp3) is 0.476. The van der Waals surface area contributed by atoms with Crippen molar-refractivity contribution in [3.63, 3.8) is 0 Å². The van der Waals surface area contributed by atoms with E-state index < -0.39 is 5.60 Å². The molecule has 2 atom stereocenters. The van der Waals surface area contributed by atoms with E-state index in [1.807, 2.05) is 32.9 Å². The minimum absolute atomic E-state index is 0.0579. The maximum absolute atomic E-state index is 13.1. The van der Waals surface area contributed by atoms with Crippen molar-refractivity contribution in [1.82, 2.24) is 4.90 Å².